The van der Waals surface area contributed by atoms with E-state index in [1.54, 1.807) is 0 Å². The molecule has 0 aromatic heterocycles. The Hall–Kier alpha value is -2.04. The third kappa shape index (κ3) is 3.29. The van der Waals surface area contributed by atoms with Crippen LogP contribution < -0.4 is 10.1 Å². The Labute approximate surface area is 117 Å². The summed E-state index contributed by atoms with van der Waals surface area (Å²) in [4.78, 5) is 22.3. The van der Waals surface area contributed by atoms with Crippen molar-refractivity contribution >= 4 is 11.9 Å². The van der Waals surface area contributed by atoms with E-state index in [1.165, 1.54) is 5.56 Å². The average molecular weight is 277 g/mol. The summed E-state index contributed by atoms with van der Waals surface area (Å²) in [6.45, 7) is 4.41. The Morgan fingerprint density at radius 3 is 2.75 bits per heavy atom. The third-order valence-corrected chi connectivity index (χ3v) is 3.51. The van der Waals surface area contributed by atoms with Gasteiger partial charge in [0.2, 0.25) is 0 Å². The van der Waals surface area contributed by atoms with E-state index in [9.17, 15) is 9.59 Å². The highest BCUT2D eigenvalue weighted by atomic mass is 16.5. The number of carboxylic acids is 1. The first kappa shape index (κ1) is 14.4. The fraction of sp³-hybridized carbons (Fsp3) is 0.467. The molecule has 5 heteroatoms. The number of amides is 1. The number of nitrogens with one attached hydrogen (secondary N) is 1. The Morgan fingerprint density at radius 2 is 2.05 bits per heavy atom. The molecule has 0 radical (unpaired) electrons. The molecule has 5 nitrogen and oxygen atoms in total. The van der Waals surface area contributed by atoms with E-state index in [0.717, 1.165) is 16.9 Å². The van der Waals surface area contributed by atoms with Crippen molar-refractivity contribution in [1.29, 1.82) is 0 Å². The first-order valence-corrected chi connectivity index (χ1v) is 6.73. The lowest BCUT2D eigenvalue weighted by atomic mass is 10.0. The maximum Gasteiger partial charge on any atom is 0.303 e. The van der Waals surface area contributed by atoms with Crippen molar-refractivity contribution in [2.75, 3.05) is 6.54 Å². The summed E-state index contributed by atoms with van der Waals surface area (Å²) in [6.07, 6.45) is 0.556. The standard InChI is InChI=1S/C15H19NO4/c1-9-6-11-8-13(20-12(11)7-10(9)2)15(19)16-5-3-4-14(17)18/h6-7,13H,3-5,8H2,1-2H3,(H,16,19)(H,17,18). The molecule has 2 rings (SSSR count). The van der Waals surface area contributed by atoms with Gasteiger partial charge in [0.05, 0.1) is 0 Å². The fourth-order valence-electron chi connectivity index (χ4n) is 2.22. The molecule has 0 saturated heterocycles. The topological polar surface area (TPSA) is 75.6 Å². The van der Waals surface area contributed by atoms with Crippen LogP contribution in [0.15, 0.2) is 12.1 Å². The Balaban J connectivity index is 1.87. The molecule has 1 heterocycles. The van der Waals surface area contributed by atoms with Crippen LogP contribution in [0, 0.1) is 13.8 Å². The van der Waals surface area contributed by atoms with Gasteiger partial charge in [-0.25, -0.2) is 0 Å². The van der Waals surface area contributed by atoms with Gasteiger partial charge in [-0.05, 0) is 43.0 Å². The van der Waals surface area contributed by atoms with Crippen LogP contribution in [0.3, 0.4) is 0 Å². The second kappa shape index (κ2) is 5.94. The first-order chi connectivity index (χ1) is 9.47. The highest BCUT2D eigenvalue weighted by molar-refractivity contribution is 5.82. The Bertz CT molecular complexity index is 508. The molecule has 108 valence electrons. The van der Waals surface area contributed by atoms with Crippen LogP contribution in [0.5, 0.6) is 5.75 Å². The summed E-state index contributed by atoms with van der Waals surface area (Å²) < 4.78 is 5.65. The number of rotatable bonds is 5. The normalized spacial score (nSPS) is 16.4. The van der Waals surface area contributed by atoms with Crippen LogP contribution in [0.2, 0.25) is 0 Å². The molecule has 0 bridgehead atoms. The van der Waals surface area contributed by atoms with Crippen molar-refractivity contribution in [1.82, 2.24) is 5.32 Å². The van der Waals surface area contributed by atoms with Crippen molar-refractivity contribution in [3.63, 3.8) is 0 Å². The van der Waals surface area contributed by atoms with Crippen LogP contribution >= 0.6 is 0 Å². The molecule has 1 unspecified atom stereocenters. The molecular weight excluding hydrogens is 258 g/mol. The molecule has 1 aliphatic rings. The molecule has 0 aliphatic carbocycles. The average Bonchev–Trinajstić information content (AvgIpc) is 2.77. The van der Waals surface area contributed by atoms with Gasteiger partial charge in [0, 0.05) is 19.4 Å². The van der Waals surface area contributed by atoms with E-state index < -0.39 is 12.1 Å². The number of hydrogen-bond donors (Lipinski definition) is 2. The lowest BCUT2D eigenvalue weighted by Crippen LogP contribution is -2.38. The second-order valence-electron chi connectivity index (χ2n) is 5.14. The van der Waals surface area contributed by atoms with Gasteiger partial charge in [-0.3, -0.25) is 9.59 Å². The SMILES string of the molecule is Cc1cc2c(cc1C)OC(C(=O)NCCCC(=O)O)C2. The summed E-state index contributed by atoms with van der Waals surface area (Å²) >= 11 is 0. The van der Waals surface area contributed by atoms with Gasteiger partial charge in [-0.1, -0.05) is 6.07 Å². The van der Waals surface area contributed by atoms with Crippen LogP contribution in [-0.2, 0) is 16.0 Å². The van der Waals surface area contributed by atoms with Gasteiger partial charge in [-0.15, -0.1) is 0 Å². The smallest absolute Gasteiger partial charge is 0.303 e. The van der Waals surface area contributed by atoms with E-state index >= 15 is 0 Å². The lowest BCUT2D eigenvalue weighted by molar-refractivity contribution is -0.137. The quantitative estimate of drug-likeness (QED) is 0.801. The van der Waals surface area contributed by atoms with Gasteiger partial charge in [0.15, 0.2) is 6.10 Å². The van der Waals surface area contributed by atoms with Crippen LogP contribution in [-0.4, -0.2) is 29.6 Å². The van der Waals surface area contributed by atoms with Crippen molar-refractivity contribution in [2.24, 2.45) is 0 Å². The summed E-state index contributed by atoms with van der Waals surface area (Å²) in [7, 11) is 0. The van der Waals surface area contributed by atoms with Gasteiger partial charge >= 0.3 is 5.97 Å². The maximum absolute atomic E-state index is 11.9. The van der Waals surface area contributed by atoms with E-state index in [2.05, 4.69) is 11.4 Å². The molecule has 0 fully saturated rings. The molecule has 1 aliphatic heterocycles. The van der Waals surface area contributed by atoms with E-state index in [0.29, 0.717) is 19.4 Å². The zero-order chi connectivity index (χ0) is 14.7. The third-order valence-electron chi connectivity index (χ3n) is 3.51. The summed E-state index contributed by atoms with van der Waals surface area (Å²) in [5, 5.41) is 11.2. The zero-order valence-corrected chi connectivity index (χ0v) is 11.7. The number of hydrogen-bond acceptors (Lipinski definition) is 3. The number of carboxylic acid groups (broad SMARTS) is 1. The molecule has 0 saturated carbocycles. The largest absolute Gasteiger partial charge is 0.481 e. The van der Waals surface area contributed by atoms with Gasteiger partial charge in [0.1, 0.15) is 5.75 Å². The summed E-state index contributed by atoms with van der Waals surface area (Å²) in [5.41, 5.74) is 3.39. The number of ether oxygens (including phenoxy) is 1. The highest BCUT2D eigenvalue weighted by Crippen LogP contribution is 2.31. The zero-order valence-electron chi connectivity index (χ0n) is 11.7. The molecule has 1 amide bonds. The van der Waals surface area contributed by atoms with Crippen LogP contribution in [0.4, 0.5) is 0 Å². The van der Waals surface area contributed by atoms with Crippen molar-refractivity contribution < 1.29 is 19.4 Å². The minimum absolute atomic E-state index is 0.0599. The number of benzene rings is 1. The van der Waals surface area contributed by atoms with E-state index in [1.807, 2.05) is 19.9 Å². The minimum atomic E-state index is -0.852. The monoisotopic (exact) mass is 277 g/mol. The number of carbonyl (C=O) groups is 2. The number of aryl methyl sites for hydroxylation is 2. The Kier molecular flexibility index (Phi) is 4.27. The number of aliphatic carboxylic acids is 1. The molecule has 0 spiro atoms. The molecule has 1 aromatic carbocycles. The highest BCUT2D eigenvalue weighted by Gasteiger charge is 2.29. The van der Waals surface area contributed by atoms with Gasteiger partial charge in [-0.2, -0.15) is 0 Å². The summed E-state index contributed by atoms with van der Waals surface area (Å²) in [6, 6.07) is 4.02. The van der Waals surface area contributed by atoms with Crippen molar-refractivity contribution in [2.45, 2.75) is 39.2 Å². The van der Waals surface area contributed by atoms with E-state index in [-0.39, 0.29) is 12.3 Å². The minimum Gasteiger partial charge on any atom is -0.481 e. The fourth-order valence-corrected chi connectivity index (χ4v) is 2.22. The van der Waals surface area contributed by atoms with Crippen molar-refractivity contribution in [3.05, 3.63) is 28.8 Å². The number of carbonyl (C=O) groups excluding carboxylic acids is 1. The van der Waals surface area contributed by atoms with Gasteiger partial charge < -0.3 is 15.2 Å². The van der Waals surface area contributed by atoms with E-state index in [4.69, 9.17) is 9.84 Å². The predicted octanol–water partition coefficient (Wildman–Crippen LogP) is 1.59. The lowest BCUT2D eigenvalue weighted by Gasteiger charge is -2.11. The van der Waals surface area contributed by atoms with Gasteiger partial charge in [0.25, 0.3) is 5.91 Å². The Morgan fingerprint density at radius 1 is 1.35 bits per heavy atom. The second-order valence-corrected chi connectivity index (χ2v) is 5.14. The molecule has 20 heavy (non-hydrogen) atoms. The molecule has 2 N–H and O–H groups in total. The molecule has 1 atom stereocenters. The molecular formula is C15H19NO4. The first-order valence-electron chi connectivity index (χ1n) is 6.73. The maximum atomic E-state index is 11.9. The predicted molar refractivity (Wildman–Crippen MR) is 73.9 cm³/mol. The molecule has 1 aromatic rings. The van der Waals surface area contributed by atoms with Crippen molar-refractivity contribution in [3.8, 4) is 5.75 Å². The summed E-state index contributed by atoms with van der Waals surface area (Å²) in [5.74, 6) is -0.254. The van der Waals surface area contributed by atoms with Crippen LogP contribution in [0.1, 0.15) is 29.5 Å². The number of fused-ring (bicyclic) bond motifs is 1. The van der Waals surface area contributed by atoms with Crippen LogP contribution in [0.25, 0.3) is 0 Å².